The second-order valence-electron chi connectivity index (χ2n) is 4.39. The molecular weight excluding hydrogens is 234 g/mol. The summed E-state index contributed by atoms with van der Waals surface area (Å²) in [7, 11) is 1.75. The van der Waals surface area contributed by atoms with Crippen LogP contribution in [0.15, 0.2) is 30.3 Å². The van der Waals surface area contributed by atoms with Gasteiger partial charge in [-0.25, -0.2) is 0 Å². The Morgan fingerprint density at radius 2 is 1.63 bits per heavy atom. The summed E-state index contributed by atoms with van der Waals surface area (Å²) in [5.41, 5.74) is 1.42. The first-order valence-electron chi connectivity index (χ1n) is 7.67. The van der Waals surface area contributed by atoms with E-state index >= 15 is 0 Å². The zero-order valence-corrected chi connectivity index (χ0v) is 13.0. The van der Waals surface area contributed by atoms with Gasteiger partial charge in [0.05, 0.1) is 0 Å². The molecule has 2 heteroatoms. The maximum absolute atomic E-state index is 4.98. The minimum Gasteiger partial charge on any atom is -0.385 e. The van der Waals surface area contributed by atoms with Crippen molar-refractivity contribution in [3.63, 3.8) is 0 Å². The summed E-state index contributed by atoms with van der Waals surface area (Å²) in [5, 5.41) is 3.22. The fourth-order valence-corrected chi connectivity index (χ4v) is 1.85. The standard InChI is InChI=1S/C11H16O.C4H9N.C2H6/c1-12-10-6-5-9-11-7-3-2-4-8-11;1-2-4-5-3-1;1-2/h2-4,7-8H,5-6,9-10H2,1H3;5H,1-4H2;1-2H3. The Bertz CT molecular complexity index is 250. The van der Waals surface area contributed by atoms with Gasteiger partial charge in [0, 0.05) is 13.7 Å². The zero-order valence-electron chi connectivity index (χ0n) is 13.0. The topological polar surface area (TPSA) is 21.3 Å². The summed E-state index contributed by atoms with van der Waals surface area (Å²) in [5.74, 6) is 0. The van der Waals surface area contributed by atoms with Crippen LogP contribution >= 0.6 is 0 Å². The molecule has 1 aliphatic heterocycles. The van der Waals surface area contributed by atoms with Crippen LogP contribution in [0.4, 0.5) is 0 Å². The van der Waals surface area contributed by atoms with Crippen molar-refractivity contribution in [1.29, 1.82) is 0 Å². The Labute approximate surface area is 119 Å². The van der Waals surface area contributed by atoms with Crippen LogP contribution in [-0.2, 0) is 11.2 Å². The lowest BCUT2D eigenvalue weighted by Crippen LogP contribution is -2.03. The van der Waals surface area contributed by atoms with Gasteiger partial charge in [0.2, 0.25) is 0 Å². The molecule has 0 spiro atoms. The highest BCUT2D eigenvalue weighted by Crippen LogP contribution is 2.03. The zero-order chi connectivity index (χ0) is 14.2. The molecule has 1 aliphatic rings. The van der Waals surface area contributed by atoms with E-state index in [1.807, 2.05) is 13.8 Å². The van der Waals surface area contributed by atoms with Crippen LogP contribution in [0.25, 0.3) is 0 Å². The first kappa shape index (κ1) is 18.1. The van der Waals surface area contributed by atoms with Crippen molar-refractivity contribution in [2.75, 3.05) is 26.8 Å². The third kappa shape index (κ3) is 11.9. The Morgan fingerprint density at radius 1 is 1.00 bits per heavy atom. The van der Waals surface area contributed by atoms with Gasteiger partial charge < -0.3 is 10.1 Å². The summed E-state index contributed by atoms with van der Waals surface area (Å²) in [6.07, 6.45) is 6.33. The van der Waals surface area contributed by atoms with Gasteiger partial charge in [0.15, 0.2) is 0 Å². The number of methoxy groups -OCH3 is 1. The summed E-state index contributed by atoms with van der Waals surface area (Å²) in [4.78, 5) is 0. The largest absolute Gasteiger partial charge is 0.385 e. The highest BCUT2D eigenvalue weighted by Gasteiger charge is 1.93. The molecule has 1 aromatic rings. The van der Waals surface area contributed by atoms with Crippen molar-refractivity contribution in [3.05, 3.63) is 35.9 Å². The number of nitrogens with one attached hydrogen (secondary N) is 1. The Kier molecular flexibility index (Phi) is 14.5. The van der Waals surface area contributed by atoms with E-state index in [0.29, 0.717) is 0 Å². The lowest BCUT2D eigenvalue weighted by Gasteiger charge is -1.99. The Hall–Kier alpha value is -0.860. The molecule has 0 radical (unpaired) electrons. The maximum Gasteiger partial charge on any atom is 0.0462 e. The smallest absolute Gasteiger partial charge is 0.0462 e. The first-order valence-corrected chi connectivity index (χ1v) is 7.67. The summed E-state index contributed by atoms with van der Waals surface area (Å²) in [6, 6.07) is 10.6. The third-order valence-corrected chi connectivity index (χ3v) is 2.86. The number of benzene rings is 1. The molecule has 110 valence electrons. The van der Waals surface area contributed by atoms with E-state index in [0.717, 1.165) is 13.0 Å². The molecule has 19 heavy (non-hydrogen) atoms. The van der Waals surface area contributed by atoms with Gasteiger partial charge in [-0.05, 0) is 50.8 Å². The lowest BCUT2D eigenvalue weighted by molar-refractivity contribution is 0.193. The highest BCUT2D eigenvalue weighted by atomic mass is 16.5. The van der Waals surface area contributed by atoms with Crippen molar-refractivity contribution in [2.45, 2.75) is 46.0 Å². The third-order valence-electron chi connectivity index (χ3n) is 2.86. The van der Waals surface area contributed by atoms with E-state index < -0.39 is 0 Å². The van der Waals surface area contributed by atoms with Crippen molar-refractivity contribution in [3.8, 4) is 0 Å². The molecular formula is C17H31NO. The molecule has 0 amide bonds. The molecule has 1 saturated heterocycles. The molecule has 0 aliphatic carbocycles. The second-order valence-corrected chi connectivity index (χ2v) is 4.39. The van der Waals surface area contributed by atoms with Crippen molar-refractivity contribution < 1.29 is 4.74 Å². The molecule has 0 aromatic heterocycles. The van der Waals surface area contributed by atoms with Gasteiger partial charge in [0.1, 0.15) is 0 Å². The Balaban J connectivity index is 0.000000383. The fraction of sp³-hybridized carbons (Fsp3) is 0.647. The maximum atomic E-state index is 4.98. The van der Waals surface area contributed by atoms with Gasteiger partial charge in [-0.3, -0.25) is 0 Å². The van der Waals surface area contributed by atoms with E-state index in [1.165, 1.54) is 44.3 Å². The van der Waals surface area contributed by atoms with Crippen LogP contribution in [0, 0.1) is 0 Å². The molecule has 0 atom stereocenters. The average molecular weight is 265 g/mol. The predicted octanol–water partition coefficient (Wildman–Crippen LogP) is 4.05. The molecule has 0 unspecified atom stereocenters. The van der Waals surface area contributed by atoms with Crippen molar-refractivity contribution in [1.82, 2.24) is 5.32 Å². The summed E-state index contributed by atoms with van der Waals surface area (Å²) in [6.45, 7) is 7.38. The molecule has 1 aromatic carbocycles. The van der Waals surface area contributed by atoms with Gasteiger partial charge in [-0.1, -0.05) is 44.2 Å². The van der Waals surface area contributed by atoms with Crippen LogP contribution in [0.5, 0.6) is 0 Å². The van der Waals surface area contributed by atoms with E-state index in [4.69, 9.17) is 4.74 Å². The van der Waals surface area contributed by atoms with Gasteiger partial charge in [-0.2, -0.15) is 0 Å². The highest BCUT2D eigenvalue weighted by molar-refractivity contribution is 5.14. The monoisotopic (exact) mass is 265 g/mol. The molecule has 1 N–H and O–H groups in total. The number of aryl methyl sites for hydroxylation is 1. The van der Waals surface area contributed by atoms with Crippen LogP contribution in [0.1, 0.15) is 45.1 Å². The van der Waals surface area contributed by atoms with E-state index in [2.05, 4.69) is 35.6 Å². The summed E-state index contributed by atoms with van der Waals surface area (Å²) >= 11 is 0. The first-order chi connectivity index (χ1) is 9.43. The molecule has 1 fully saturated rings. The number of rotatable bonds is 5. The average Bonchev–Trinajstić information content (AvgIpc) is 3.06. The van der Waals surface area contributed by atoms with Crippen LogP contribution < -0.4 is 5.32 Å². The quantitative estimate of drug-likeness (QED) is 0.811. The minimum atomic E-state index is 0.882. The molecule has 0 saturated carbocycles. The molecule has 2 nitrogen and oxygen atoms in total. The van der Waals surface area contributed by atoms with Gasteiger partial charge in [0.25, 0.3) is 0 Å². The lowest BCUT2D eigenvalue weighted by atomic mass is 10.1. The van der Waals surface area contributed by atoms with Gasteiger partial charge in [-0.15, -0.1) is 0 Å². The van der Waals surface area contributed by atoms with Crippen LogP contribution in [0.2, 0.25) is 0 Å². The van der Waals surface area contributed by atoms with E-state index in [1.54, 1.807) is 7.11 Å². The van der Waals surface area contributed by atoms with Gasteiger partial charge >= 0.3 is 0 Å². The summed E-state index contributed by atoms with van der Waals surface area (Å²) < 4.78 is 4.98. The molecule has 0 bridgehead atoms. The van der Waals surface area contributed by atoms with Crippen molar-refractivity contribution >= 4 is 0 Å². The van der Waals surface area contributed by atoms with Crippen LogP contribution in [-0.4, -0.2) is 26.8 Å². The van der Waals surface area contributed by atoms with Crippen molar-refractivity contribution in [2.24, 2.45) is 0 Å². The molecule has 1 heterocycles. The van der Waals surface area contributed by atoms with Crippen LogP contribution in [0.3, 0.4) is 0 Å². The normalized spacial score (nSPS) is 13.0. The van der Waals surface area contributed by atoms with E-state index in [9.17, 15) is 0 Å². The number of hydrogen-bond acceptors (Lipinski definition) is 2. The number of ether oxygens (including phenoxy) is 1. The predicted molar refractivity (Wildman–Crippen MR) is 84.7 cm³/mol. The SMILES string of the molecule is C1CCNC1.CC.COCCCCc1ccccc1. The Morgan fingerprint density at radius 3 is 2.11 bits per heavy atom. The minimum absolute atomic E-state index is 0.882. The number of unbranched alkanes of at least 4 members (excludes halogenated alkanes) is 1. The number of hydrogen-bond donors (Lipinski definition) is 1. The van der Waals surface area contributed by atoms with E-state index in [-0.39, 0.29) is 0 Å². The fourth-order valence-electron chi connectivity index (χ4n) is 1.85. The molecule has 2 rings (SSSR count). The second kappa shape index (κ2) is 15.2.